The van der Waals surface area contributed by atoms with Gasteiger partial charge in [0.1, 0.15) is 11.5 Å². The summed E-state index contributed by atoms with van der Waals surface area (Å²) in [6.45, 7) is 7.34. The van der Waals surface area contributed by atoms with E-state index in [1.807, 2.05) is 45.0 Å². The second-order valence-electron chi connectivity index (χ2n) is 6.15. The van der Waals surface area contributed by atoms with Crippen molar-refractivity contribution in [3.05, 3.63) is 59.2 Å². The molecule has 0 aliphatic rings. The molecule has 0 bridgehead atoms. The lowest BCUT2D eigenvalue weighted by Crippen LogP contribution is -2.48. The van der Waals surface area contributed by atoms with Crippen LogP contribution in [0.25, 0.3) is 0 Å². The molecule has 0 spiro atoms. The van der Waals surface area contributed by atoms with E-state index in [4.69, 9.17) is 9.47 Å². The zero-order valence-electron chi connectivity index (χ0n) is 15.5. The third kappa shape index (κ3) is 5.81. The van der Waals surface area contributed by atoms with Gasteiger partial charge in [-0.1, -0.05) is 23.8 Å². The van der Waals surface area contributed by atoms with Crippen LogP contribution in [0.5, 0.6) is 11.5 Å². The Morgan fingerprint density at radius 2 is 1.58 bits per heavy atom. The summed E-state index contributed by atoms with van der Waals surface area (Å²) in [4.78, 5) is 23.8. The lowest BCUT2D eigenvalue weighted by Gasteiger charge is -2.15. The predicted molar refractivity (Wildman–Crippen MR) is 99.0 cm³/mol. The third-order valence-electron chi connectivity index (χ3n) is 3.88. The van der Waals surface area contributed by atoms with Crippen molar-refractivity contribution in [1.29, 1.82) is 0 Å². The molecule has 0 saturated heterocycles. The first kappa shape index (κ1) is 19.3. The minimum absolute atomic E-state index is 0.198. The SMILES string of the molecule is Cc1ccc(OC(C)C(=O)NNC(=O)COc2ccc(C)c(C)c2)cc1. The number of ether oxygens (including phenoxy) is 2. The van der Waals surface area contributed by atoms with Crippen molar-refractivity contribution in [2.24, 2.45) is 0 Å². The van der Waals surface area contributed by atoms with E-state index in [1.54, 1.807) is 25.1 Å². The summed E-state index contributed by atoms with van der Waals surface area (Å²) < 4.78 is 10.9. The highest BCUT2D eigenvalue weighted by Crippen LogP contribution is 2.16. The standard InChI is InChI=1S/C20H24N2O4/c1-13-5-8-17(9-6-13)26-16(4)20(24)22-21-19(23)12-25-18-10-7-14(2)15(3)11-18/h5-11,16H,12H2,1-4H3,(H,21,23)(H,22,24). The maximum Gasteiger partial charge on any atom is 0.279 e. The molecule has 0 saturated carbocycles. The van der Waals surface area contributed by atoms with Crippen LogP contribution in [-0.2, 0) is 9.59 Å². The molecule has 0 aliphatic carbocycles. The molecular formula is C20H24N2O4. The van der Waals surface area contributed by atoms with Gasteiger partial charge in [0.05, 0.1) is 0 Å². The quantitative estimate of drug-likeness (QED) is 0.780. The topological polar surface area (TPSA) is 76.7 Å². The third-order valence-corrected chi connectivity index (χ3v) is 3.88. The van der Waals surface area contributed by atoms with Crippen LogP contribution >= 0.6 is 0 Å². The Bertz CT molecular complexity index is 772. The van der Waals surface area contributed by atoms with E-state index >= 15 is 0 Å². The number of aryl methyl sites for hydroxylation is 3. The molecule has 2 aromatic rings. The van der Waals surface area contributed by atoms with Crippen molar-refractivity contribution >= 4 is 11.8 Å². The number of rotatable bonds is 6. The Morgan fingerprint density at radius 3 is 2.23 bits per heavy atom. The second-order valence-corrected chi connectivity index (χ2v) is 6.15. The molecule has 0 aromatic heterocycles. The summed E-state index contributed by atoms with van der Waals surface area (Å²) in [5.41, 5.74) is 7.97. The summed E-state index contributed by atoms with van der Waals surface area (Å²) in [5.74, 6) is 0.275. The molecule has 2 amide bonds. The first-order chi connectivity index (χ1) is 12.3. The Hall–Kier alpha value is -3.02. The molecule has 0 fully saturated rings. The Balaban J connectivity index is 1.74. The number of hydrazine groups is 1. The number of carbonyl (C=O) groups is 2. The summed E-state index contributed by atoms with van der Waals surface area (Å²) in [6.07, 6.45) is -0.751. The largest absolute Gasteiger partial charge is 0.484 e. The van der Waals surface area contributed by atoms with Crippen LogP contribution in [-0.4, -0.2) is 24.5 Å². The highest BCUT2D eigenvalue weighted by Gasteiger charge is 2.15. The second kappa shape index (κ2) is 8.89. The molecule has 1 atom stereocenters. The molecule has 2 N–H and O–H groups in total. The maximum atomic E-state index is 12.0. The van der Waals surface area contributed by atoms with Crippen LogP contribution in [0.2, 0.25) is 0 Å². The monoisotopic (exact) mass is 356 g/mol. The normalized spacial score (nSPS) is 11.4. The number of benzene rings is 2. The van der Waals surface area contributed by atoms with Gasteiger partial charge in [-0.3, -0.25) is 20.4 Å². The van der Waals surface area contributed by atoms with Gasteiger partial charge in [-0.25, -0.2) is 0 Å². The van der Waals surface area contributed by atoms with Gasteiger partial charge in [-0.2, -0.15) is 0 Å². The van der Waals surface area contributed by atoms with Crippen molar-refractivity contribution in [2.45, 2.75) is 33.8 Å². The van der Waals surface area contributed by atoms with Gasteiger partial charge >= 0.3 is 0 Å². The van der Waals surface area contributed by atoms with Crippen molar-refractivity contribution in [1.82, 2.24) is 10.9 Å². The Morgan fingerprint density at radius 1 is 0.923 bits per heavy atom. The Kier molecular flexibility index (Phi) is 6.60. The zero-order valence-corrected chi connectivity index (χ0v) is 15.5. The smallest absolute Gasteiger partial charge is 0.279 e. The van der Waals surface area contributed by atoms with E-state index in [0.717, 1.165) is 16.7 Å². The van der Waals surface area contributed by atoms with E-state index in [2.05, 4.69) is 10.9 Å². The van der Waals surface area contributed by atoms with E-state index in [0.29, 0.717) is 11.5 Å². The fraction of sp³-hybridized carbons (Fsp3) is 0.300. The van der Waals surface area contributed by atoms with Gasteiger partial charge in [0.15, 0.2) is 12.7 Å². The van der Waals surface area contributed by atoms with Crippen LogP contribution in [0.1, 0.15) is 23.6 Å². The van der Waals surface area contributed by atoms with Crippen molar-refractivity contribution in [2.75, 3.05) is 6.61 Å². The van der Waals surface area contributed by atoms with Crippen LogP contribution < -0.4 is 20.3 Å². The van der Waals surface area contributed by atoms with Crippen LogP contribution in [0.4, 0.5) is 0 Å². The molecule has 138 valence electrons. The van der Waals surface area contributed by atoms with Crippen molar-refractivity contribution in [3.8, 4) is 11.5 Å². The van der Waals surface area contributed by atoms with E-state index in [9.17, 15) is 9.59 Å². The summed E-state index contributed by atoms with van der Waals surface area (Å²) >= 11 is 0. The van der Waals surface area contributed by atoms with Gasteiger partial charge in [0.25, 0.3) is 11.8 Å². The molecule has 6 nitrogen and oxygen atoms in total. The van der Waals surface area contributed by atoms with Gasteiger partial charge in [0.2, 0.25) is 0 Å². The average molecular weight is 356 g/mol. The Labute approximate surface area is 153 Å². The van der Waals surface area contributed by atoms with Gasteiger partial charge in [-0.15, -0.1) is 0 Å². The summed E-state index contributed by atoms with van der Waals surface area (Å²) in [7, 11) is 0. The fourth-order valence-corrected chi connectivity index (χ4v) is 2.10. The minimum Gasteiger partial charge on any atom is -0.484 e. The van der Waals surface area contributed by atoms with E-state index in [-0.39, 0.29) is 6.61 Å². The molecule has 1 unspecified atom stereocenters. The molecule has 0 heterocycles. The maximum absolute atomic E-state index is 12.0. The number of nitrogens with one attached hydrogen (secondary N) is 2. The van der Waals surface area contributed by atoms with Crippen molar-refractivity contribution < 1.29 is 19.1 Å². The molecule has 0 radical (unpaired) electrons. The first-order valence-corrected chi connectivity index (χ1v) is 8.37. The molecule has 6 heteroatoms. The van der Waals surface area contributed by atoms with E-state index in [1.165, 1.54) is 0 Å². The lowest BCUT2D eigenvalue weighted by atomic mass is 10.1. The fourth-order valence-electron chi connectivity index (χ4n) is 2.10. The number of hydrogen-bond acceptors (Lipinski definition) is 4. The van der Waals surface area contributed by atoms with Gasteiger partial charge in [0, 0.05) is 0 Å². The molecule has 0 aliphatic heterocycles. The summed E-state index contributed by atoms with van der Waals surface area (Å²) in [6, 6.07) is 12.9. The predicted octanol–water partition coefficient (Wildman–Crippen LogP) is 2.61. The summed E-state index contributed by atoms with van der Waals surface area (Å²) in [5, 5.41) is 0. The first-order valence-electron chi connectivity index (χ1n) is 8.37. The highest BCUT2D eigenvalue weighted by molar-refractivity contribution is 5.85. The van der Waals surface area contributed by atoms with E-state index < -0.39 is 17.9 Å². The zero-order chi connectivity index (χ0) is 19.1. The van der Waals surface area contributed by atoms with Crippen LogP contribution in [0.15, 0.2) is 42.5 Å². The van der Waals surface area contributed by atoms with Gasteiger partial charge in [-0.05, 0) is 63.1 Å². The molecule has 26 heavy (non-hydrogen) atoms. The molecule has 2 rings (SSSR count). The van der Waals surface area contributed by atoms with Crippen molar-refractivity contribution in [3.63, 3.8) is 0 Å². The van der Waals surface area contributed by atoms with Crippen LogP contribution in [0, 0.1) is 20.8 Å². The average Bonchev–Trinajstić information content (AvgIpc) is 2.62. The van der Waals surface area contributed by atoms with Gasteiger partial charge < -0.3 is 9.47 Å². The number of amides is 2. The minimum atomic E-state index is -0.751. The lowest BCUT2D eigenvalue weighted by molar-refractivity contribution is -0.133. The number of hydrogen-bond donors (Lipinski definition) is 2. The molecular weight excluding hydrogens is 332 g/mol. The number of carbonyl (C=O) groups excluding carboxylic acids is 2. The highest BCUT2D eigenvalue weighted by atomic mass is 16.5. The van der Waals surface area contributed by atoms with Crippen LogP contribution in [0.3, 0.4) is 0 Å². The molecule has 2 aromatic carbocycles.